The summed E-state index contributed by atoms with van der Waals surface area (Å²) in [6.45, 7) is 0.305. The molecule has 1 N–H and O–H groups in total. The molecule has 0 aromatic carbocycles. The molecule has 0 aliphatic carbocycles. The predicted molar refractivity (Wildman–Crippen MR) is 49.6 cm³/mol. The minimum atomic E-state index is -2.89. The molecule has 80 valence electrons. The number of nitrogens with one attached hydrogen (secondary N) is 1. The Labute approximate surface area is 82.7 Å². The summed E-state index contributed by atoms with van der Waals surface area (Å²) in [5, 5.41) is 2.64. The lowest BCUT2D eigenvalue weighted by atomic mass is 9.97. The highest BCUT2D eigenvalue weighted by Gasteiger charge is 2.35. The van der Waals surface area contributed by atoms with Crippen LogP contribution in [0.25, 0.3) is 0 Å². The van der Waals surface area contributed by atoms with Gasteiger partial charge in [0.25, 0.3) is 0 Å². The third-order valence-electron chi connectivity index (χ3n) is 2.76. The van der Waals surface area contributed by atoms with Gasteiger partial charge in [-0.2, -0.15) is 0 Å². The Hall–Kier alpha value is -0.780. The van der Waals surface area contributed by atoms with Gasteiger partial charge in [-0.3, -0.25) is 0 Å². The number of rotatable bonds is 1. The first-order valence-corrected chi connectivity index (χ1v) is 6.53. The second-order valence-electron chi connectivity index (χ2n) is 3.87. The van der Waals surface area contributed by atoms with Gasteiger partial charge in [-0.1, -0.05) is 0 Å². The van der Waals surface area contributed by atoms with Crippen LogP contribution in [0.4, 0.5) is 4.79 Å². The van der Waals surface area contributed by atoms with E-state index >= 15 is 0 Å². The number of hydrogen-bond acceptors (Lipinski definition) is 4. The molecule has 2 aliphatic heterocycles. The Bertz CT molecular complexity index is 337. The molecule has 0 bridgehead atoms. The van der Waals surface area contributed by atoms with Crippen LogP contribution in [0, 0.1) is 5.92 Å². The predicted octanol–water partition coefficient (Wildman–Crippen LogP) is -0.0804. The number of carbonyl (C=O) groups is 1. The molecule has 5 nitrogen and oxygen atoms in total. The van der Waals surface area contributed by atoms with E-state index in [4.69, 9.17) is 4.74 Å². The molecule has 0 spiro atoms. The van der Waals surface area contributed by atoms with E-state index in [-0.39, 0.29) is 23.5 Å². The van der Waals surface area contributed by atoms with E-state index < -0.39 is 15.9 Å². The molecule has 2 atom stereocenters. The lowest BCUT2D eigenvalue weighted by Crippen LogP contribution is -2.40. The first-order chi connectivity index (χ1) is 6.57. The summed E-state index contributed by atoms with van der Waals surface area (Å²) >= 11 is 0. The second-order valence-corrected chi connectivity index (χ2v) is 6.09. The van der Waals surface area contributed by atoms with Gasteiger partial charge >= 0.3 is 6.09 Å². The van der Waals surface area contributed by atoms with Crippen molar-refractivity contribution in [2.24, 2.45) is 5.92 Å². The molecule has 2 rings (SSSR count). The van der Waals surface area contributed by atoms with Crippen molar-refractivity contribution >= 4 is 15.9 Å². The molecule has 0 saturated carbocycles. The Morgan fingerprint density at radius 3 is 2.79 bits per heavy atom. The largest absolute Gasteiger partial charge is 0.447 e. The molecule has 14 heavy (non-hydrogen) atoms. The highest BCUT2D eigenvalue weighted by atomic mass is 32.2. The molecular formula is C8H13NO4S. The molecule has 0 radical (unpaired) electrons. The minimum absolute atomic E-state index is 0.0280. The monoisotopic (exact) mass is 219 g/mol. The van der Waals surface area contributed by atoms with Crippen LogP contribution < -0.4 is 5.32 Å². The average Bonchev–Trinajstić information content (AvgIpc) is 2.50. The van der Waals surface area contributed by atoms with E-state index in [0.29, 0.717) is 13.0 Å². The van der Waals surface area contributed by atoms with Crippen LogP contribution in [0.3, 0.4) is 0 Å². The van der Waals surface area contributed by atoms with Crippen LogP contribution in [0.15, 0.2) is 0 Å². The zero-order valence-corrected chi connectivity index (χ0v) is 8.55. The summed E-state index contributed by atoms with van der Waals surface area (Å²) in [7, 11) is -2.89. The number of cyclic esters (lactones) is 1. The van der Waals surface area contributed by atoms with Crippen LogP contribution >= 0.6 is 0 Å². The third-order valence-corrected chi connectivity index (χ3v) is 4.61. The molecule has 2 fully saturated rings. The molecule has 6 heteroatoms. The highest BCUT2D eigenvalue weighted by Crippen LogP contribution is 2.23. The average molecular weight is 219 g/mol. The number of amides is 1. The van der Waals surface area contributed by atoms with E-state index in [0.717, 1.165) is 6.42 Å². The third kappa shape index (κ3) is 2.00. The number of ether oxygens (including phenoxy) is 1. The van der Waals surface area contributed by atoms with Crippen LogP contribution in [-0.4, -0.2) is 38.7 Å². The fourth-order valence-electron chi connectivity index (χ4n) is 2.03. The lowest BCUT2D eigenvalue weighted by molar-refractivity contribution is 0.175. The summed E-state index contributed by atoms with van der Waals surface area (Å²) in [5.74, 6) is 0.493. The zero-order chi connectivity index (χ0) is 10.2. The first kappa shape index (κ1) is 9.76. The van der Waals surface area contributed by atoms with Crippen molar-refractivity contribution in [1.29, 1.82) is 0 Å². The molecule has 0 aromatic heterocycles. The number of sulfone groups is 1. The molecule has 2 aliphatic rings. The topological polar surface area (TPSA) is 72.5 Å². The maximum atomic E-state index is 11.3. The molecule has 2 unspecified atom stereocenters. The minimum Gasteiger partial charge on any atom is -0.447 e. The lowest BCUT2D eigenvalue weighted by Gasteiger charge is -2.25. The molecule has 2 saturated heterocycles. The van der Waals surface area contributed by atoms with Crippen molar-refractivity contribution in [2.45, 2.75) is 18.9 Å². The van der Waals surface area contributed by atoms with Crippen molar-refractivity contribution in [3.05, 3.63) is 0 Å². The number of alkyl carbamates (subject to hydrolysis) is 1. The molecular weight excluding hydrogens is 206 g/mol. The Kier molecular flexibility index (Phi) is 2.38. The Morgan fingerprint density at radius 1 is 1.43 bits per heavy atom. The summed E-state index contributed by atoms with van der Waals surface area (Å²) < 4.78 is 27.4. The quantitative estimate of drug-likeness (QED) is 0.669. The van der Waals surface area contributed by atoms with Crippen molar-refractivity contribution in [3.63, 3.8) is 0 Å². The van der Waals surface area contributed by atoms with Gasteiger partial charge in [0, 0.05) is 0 Å². The van der Waals surface area contributed by atoms with E-state index in [1.807, 2.05) is 0 Å². The van der Waals surface area contributed by atoms with Crippen molar-refractivity contribution in [1.82, 2.24) is 5.32 Å². The molecule has 1 amide bonds. The van der Waals surface area contributed by atoms with Crippen LogP contribution in [0.2, 0.25) is 0 Å². The van der Waals surface area contributed by atoms with Crippen molar-refractivity contribution in [2.75, 3.05) is 18.1 Å². The number of hydrogen-bond donors (Lipinski definition) is 1. The SMILES string of the molecule is O=C1NC(C2CCCS(=O)(=O)C2)CO1. The van der Waals surface area contributed by atoms with E-state index in [1.165, 1.54) is 0 Å². The van der Waals surface area contributed by atoms with Crippen LogP contribution in [0.1, 0.15) is 12.8 Å². The van der Waals surface area contributed by atoms with Gasteiger partial charge in [-0.15, -0.1) is 0 Å². The van der Waals surface area contributed by atoms with Crippen molar-refractivity contribution < 1.29 is 17.9 Å². The maximum absolute atomic E-state index is 11.3. The summed E-state index contributed by atoms with van der Waals surface area (Å²) in [5.41, 5.74) is 0. The van der Waals surface area contributed by atoms with Gasteiger partial charge in [0.15, 0.2) is 9.84 Å². The maximum Gasteiger partial charge on any atom is 0.407 e. The molecule has 2 heterocycles. The normalized spacial score (nSPS) is 36.1. The summed E-state index contributed by atoms with van der Waals surface area (Å²) in [6, 6.07) is -0.113. The van der Waals surface area contributed by atoms with Crippen LogP contribution in [0.5, 0.6) is 0 Å². The van der Waals surface area contributed by atoms with Gasteiger partial charge in [0.05, 0.1) is 17.5 Å². The van der Waals surface area contributed by atoms with Gasteiger partial charge in [-0.05, 0) is 18.8 Å². The van der Waals surface area contributed by atoms with Gasteiger partial charge < -0.3 is 10.1 Å². The van der Waals surface area contributed by atoms with Gasteiger partial charge in [-0.25, -0.2) is 13.2 Å². The standard InChI is InChI=1S/C8H13NO4S/c10-8-9-7(4-13-8)6-2-1-3-14(11,12)5-6/h6-7H,1-5H2,(H,9,10). The summed E-state index contributed by atoms with van der Waals surface area (Å²) in [4.78, 5) is 10.8. The fourth-order valence-corrected chi connectivity index (χ4v) is 3.85. The van der Waals surface area contributed by atoms with Crippen molar-refractivity contribution in [3.8, 4) is 0 Å². The Morgan fingerprint density at radius 2 is 2.21 bits per heavy atom. The van der Waals surface area contributed by atoms with Gasteiger partial charge in [0.1, 0.15) is 6.61 Å². The van der Waals surface area contributed by atoms with E-state index in [1.54, 1.807) is 0 Å². The Balaban J connectivity index is 2.01. The highest BCUT2D eigenvalue weighted by molar-refractivity contribution is 7.91. The second kappa shape index (κ2) is 3.42. The number of carbonyl (C=O) groups excluding carboxylic acids is 1. The van der Waals surface area contributed by atoms with Gasteiger partial charge in [0.2, 0.25) is 0 Å². The van der Waals surface area contributed by atoms with E-state index in [9.17, 15) is 13.2 Å². The molecule has 0 aromatic rings. The first-order valence-electron chi connectivity index (χ1n) is 4.70. The summed E-state index contributed by atoms with van der Waals surface area (Å²) in [6.07, 6.45) is 1.12. The van der Waals surface area contributed by atoms with Crippen LogP contribution in [-0.2, 0) is 14.6 Å². The van der Waals surface area contributed by atoms with E-state index in [2.05, 4.69) is 5.32 Å². The smallest absolute Gasteiger partial charge is 0.407 e. The zero-order valence-electron chi connectivity index (χ0n) is 7.73. The fraction of sp³-hybridized carbons (Fsp3) is 0.875.